The number of carboxylic acid groups (broad SMARTS) is 1. The Bertz CT molecular complexity index is 798. The van der Waals surface area contributed by atoms with Gasteiger partial charge in [0.2, 0.25) is 0 Å². The maximum absolute atomic E-state index is 13.1. The summed E-state index contributed by atoms with van der Waals surface area (Å²) in [6, 6.07) is 12.1. The van der Waals surface area contributed by atoms with Gasteiger partial charge in [0.05, 0.1) is 11.8 Å². The molecule has 1 saturated heterocycles. The van der Waals surface area contributed by atoms with Crippen LogP contribution < -0.4 is 0 Å². The number of halogens is 3. The van der Waals surface area contributed by atoms with Gasteiger partial charge in [0.15, 0.2) is 0 Å². The molecule has 1 heterocycles. The number of nitrogens with zero attached hydrogens (tertiary/aromatic N) is 1. The Balaban J connectivity index is 1.94. The fraction of sp³-hybridized carbons (Fsp3) is 0.294. The summed E-state index contributed by atoms with van der Waals surface area (Å²) < 4.78 is 39.2. The summed E-state index contributed by atoms with van der Waals surface area (Å²) in [5.41, 5.74) is 0.278. The number of carboxylic acids is 1. The van der Waals surface area contributed by atoms with Crippen LogP contribution in [0.25, 0.3) is 10.8 Å². The number of hydrogen-bond acceptors (Lipinski definition) is 2. The molecule has 24 heavy (non-hydrogen) atoms. The molecule has 1 fully saturated rings. The lowest BCUT2D eigenvalue weighted by molar-refractivity contribution is -0.187. The van der Waals surface area contributed by atoms with E-state index in [1.54, 1.807) is 42.5 Å². The fourth-order valence-electron chi connectivity index (χ4n) is 3.13. The Kier molecular flexibility index (Phi) is 3.95. The normalized spacial score (nSPS) is 21.2. The number of rotatable bonds is 2. The highest BCUT2D eigenvalue weighted by molar-refractivity contribution is 6.07. The molecule has 4 nitrogen and oxygen atoms in total. The molecule has 2 atom stereocenters. The van der Waals surface area contributed by atoms with Crippen molar-refractivity contribution in [2.75, 3.05) is 13.1 Å². The van der Waals surface area contributed by atoms with Crippen LogP contribution in [-0.2, 0) is 4.79 Å². The molecule has 2 aromatic carbocycles. The number of amides is 1. The van der Waals surface area contributed by atoms with E-state index in [9.17, 15) is 22.8 Å². The van der Waals surface area contributed by atoms with Crippen molar-refractivity contribution in [2.45, 2.75) is 6.18 Å². The second kappa shape index (κ2) is 5.81. The first kappa shape index (κ1) is 16.3. The fourth-order valence-corrected chi connectivity index (χ4v) is 3.13. The van der Waals surface area contributed by atoms with Gasteiger partial charge >= 0.3 is 12.1 Å². The highest BCUT2D eigenvalue weighted by Crippen LogP contribution is 2.38. The van der Waals surface area contributed by atoms with Crippen LogP contribution in [0.5, 0.6) is 0 Å². The largest absolute Gasteiger partial charge is 0.481 e. The molecule has 1 aliphatic rings. The lowest BCUT2D eigenvalue weighted by Crippen LogP contribution is -2.34. The number of carbonyl (C=O) groups is 2. The van der Waals surface area contributed by atoms with Gasteiger partial charge in [0.1, 0.15) is 0 Å². The number of carbonyl (C=O) groups excluding carboxylic acids is 1. The molecule has 0 aromatic heterocycles. The zero-order valence-electron chi connectivity index (χ0n) is 12.5. The number of benzene rings is 2. The molecule has 7 heteroatoms. The summed E-state index contributed by atoms with van der Waals surface area (Å²) in [6.45, 7) is -1.08. The van der Waals surface area contributed by atoms with Gasteiger partial charge in [-0.25, -0.2) is 0 Å². The van der Waals surface area contributed by atoms with E-state index in [0.29, 0.717) is 5.39 Å². The van der Waals surface area contributed by atoms with Gasteiger partial charge in [-0.2, -0.15) is 13.2 Å². The first-order valence-corrected chi connectivity index (χ1v) is 7.35. The van der Waals surface area contributed by atoms with Gasteiger partial charge in [-0.15, -0.1) is 0 Å². The predicted octanol–water partition coefficient (Wildman–Crippen LogP) is 3.17. The van der Waals surface area contributed by atoms with Crippen molar-refractivity contribution < 1.29 is 27.9 Å². The summed E-state index contributed by atoms with van der Waals surface area (Å²) >= 11 is 0. The highest BCUT2D eigenvalue weighted by Gasteiger charge is 2.53. The van der Waals surface area contributed by atoms with Crippen molar-refractivity contribution in [3.63, 3.8) is 0 Å². The SMILES string of the molecule is O=C(O)[C@@H]1CN(C(=O)c2cccc3ccccc23)C[C@H]1C(F)(F)F. The topological polar surface area (TPSA) is 57.6 Å². The number of alkyl halides is 3. The Hall–Kier alpha value is -2.57. The van der Waals surface area contributed by atoms with Crippen LogP contribution in [0.1, 0.15) is 10.4 Å². The zero-order valence-corrected chi connectivity index (χ0v) is 12.5. The Morgan fingerprint density at radius 1 is 1.04 bits per heavy atom. The van der Waals surface area contributed by atoms with Crippen LogP contribution in [0, 0.1) is 11.8 Å². The Morgan fingerprint density at radius 2 is 1.71 bits per heavy atom. The molecule has 1 amide bonds. The standard InChI is InChI=1S/C17H14F3NO3/c18-17(19,20)14-9-21(8-13(14)16(23)24)15(22)12-7-3-5-10-4-1-2-6-11(10)12/h1-7,13-14H,8-9H2,(H,23,24)/t13-,14-/m1/s1. The van der Waals surface area contributed by atoms with Crippen LogP contribution >= 0.6 is 0 Å². The Morgan fingerprint density at radius 3 is 2.33 bits per heavy atom. The van der Waals surface area contributed by atoms with Gasteiger partial charge in [0.25, 0.3) is 5.91 Å². The van der Waals surface area contributed by atoms with E-state index in [4.69, 9.17) is 5.11 Å². The van der Waals surface area contributed by atoms with E-state index in [-0.39, 0.29) is 5.56 Å². The van der Waals surface area contributed by atoms with Crippen molar-refractivity contribution in [1.82, 2.24) is 4.90 Å². The number of fused-ring (bicyclic) bond motifs is 1. The summed E-state index contributed by atoms with van der Waals surface area (Å²) in [4.78, 5) is 24.8. The van der Waals surface area contributed by atoms with E-state index in [0.717, 1.165) is 10.3 Å². The first-order valence-electron chi connectivity index (χ1n) is 7.35. The van der Waals surface area contributed by atoms with Crippen LogP contribution in [0.4, 0.5) is 13.2 Å². The summed E-state index contributed by atoms with van der Waals surface area (Å²) in [6.07, 6.45) is -4.66. The van der Waals surface area contributed by atoms with Crippen molar-refractivity contribution in [3.05, 3.63) is 48.0 Å². The third-order valence-corrected chi connectivity index (χ3v) is 4.36. The van der Waals surface area contributed by atoms with Gasteiger partial charge in [-0.1, -0.05) is 36.4 Å². The average Bonchev–Trinajstić information content (AvgIpc) is 2.99. The minimum absolute atomic E-state index is 0.278. The van der Waals surface area contributed by atoms with Crippen LogP contribution in [0.2, 0.25) is 0 Å². The van der Waals surface area contributed by atoms with Crippen LogP contribution in [0.15, 0.2) is 42.5 Å². The predicted molar refractivity (Wildman–Crippen MR) is 80.5 cm³/mol. The third kappa shape index (κ3) is 2.81. The summed E-state index contributed by atoms with van der Waals surface area (Å²) in [5.74, 6) is -5.80. The van der Waals surface area contributed by atoms with E-state index < -0.39 is 43.0 Å². The van der Waals surface area contributed by atoms with Gasteiger partial charge in [-0.3, -0.25) is 9.59 Å². The summed E-state index contributed by atoms with van der Waals surface area (Å²) in [7, 11) is 0. The van der Waals surface area contributed by atoms with E-state index in [1.807, 2.05) is 0 Å². The second-order valence-electron chi connectivity index (χ2n) is 5.83. The Labute approximate surface area is 135 Å². The molecule has 0 bridgehead atoms. The van der Waals surface area contributed by atoms with Crippen LogP contribution in [-0.4, -0.2) is 41.1 Å². The average molecular weight is 337 g/mol. The van der Waals surface area contributed by atoms with Gasteiger partial charge in [0, 0.05) is 18.7 Å². The number of aliphatic carboxylic acids is 1. The summed E-state index contributed by atoms with van der Waals surface area (Å²) in [5, 5.41) is 10.5. The maximum atomic E-state index is 13.1. The molecule has 3 rings (SSSR count). The maximum Gasteiger partial charge on any atom is 0.394 e. The molecule has 126 valence electrons. The third-order valence-electron chi connectivity index (χ3n) is 4.36. The molecule has 0 saturated carbocycles. The molecule has 1 N–H and O–H groups in total. The molecule has 1 aliphatic heterocycles. The molecule has 0 spiro atoms. The van der Waals surface area contributed by atoms with Crippen LogP contribution in [0.3, 0.4) is 0 Å². The van der Waals surface area contributed by atoms with E-state index >= 15 is 0 Å². The molecule has 2 aromatic rings. The number of likely N-dealkylation sites (tertiary alicyclic amines) is 1. The number of hydrogen-bond donors (Lipinski definition) is 1. The molecular formula is C17H14F3NO3. The zero-order chi connectivity index (χ0) is 17.5. The van der Waals surface area contributed by atoms with Crippen molar-refractivity contribution in [3.8, 4) is 0 Å². The van der Waals surface area contributed by atoms with Gasteiger partial charge in [-0.05, 0) is 16.8 Å². The smallest absolute Gasteiger partial charge is 0.394 e. The molecule has 0 radical (unpaired) electrons. The minimum atomic E-state index is -4.66. The lowest BCUT2D eigenvalue weighted by Gasteiger charge is -2.19. The van der Waals surface area contributed by atoms with Crippen molar-refractivity contribution in [1.29, 1.82) is 0 Å². The minimum Gasteiger partial charge on any atom is -0.481 e. The van der Waals surface area contributed by atoms with E-state index in [1.165, 1.54) is 0 Å². The van der Waals surface area contributed by atoms with Crippen molar-refractivity contribution >= 4 is 22.6 Å². The second-order valence-corrected chi connectivity index (χ2v) is 5.83. The van der Waals surface area contributed by atoms with E-state index in [2.05, 4.69) is 0 Å². The van der Waals surface area contributed by atoms with Gasteiger partial charge < -0.3 is 10.0 Å². The highest BCUT2D eigenvalue weighted by atomic mass is 19.4. The first-order chi connectivity index (χ1) is 11.3. The molecular weight excluding hydrogens is 323 g/mol. The lowest BCUT2D eigenvalue weighted by atomic mass is 9.96. The molecule has 0 unspecified atom stereocenters. The monoisotopic (exact) mass is 337 g/mol. The van der Waals surface area contributed by atoms with Crippen molar-refractivity contribution in [2.24, 2.45) is 11.8 Å². The molecule has 0 aliphatic carbocycles. The quantitative estimate of drug-likeness (QED) is 0.916.